The lowest BCUT2D eigenvalue weighted by atomic mass is 10.4. The number of aromatic nitrogens is 5. The van der Waals surface area contributed by atoms with Gasteiger partial charge in [0.05, 0.1) is 11.9 Å². The summed E-state index contributed by atoms with van der Waals surface area (Å²) in [5, 5.41) is 15.3. The maximum atomic E-state index is 4.28. The van der Waals surface area contributed by atoms with Crippen LogP contribution in [0.1, 0.15) is 12.1 Å². The highest BCUT2D eigenvalue weighted by molar-refractivity contribution is 4.97. The van der Waals surface area contributed by atoms with E-state index < -0.39 is 0 Å². The van der Waals surface area contributed by atoms with Crippen LogP contribution in [0.3, 0.4) is 0 Å². The number of aryl methyl sites for hydroxylation is 2. The lowest BCUT2D eigenvalue weighted by Gasteiger charge is -2.02. The number of hydrogen-bond donors (Lipinski definition) is 1. The Morgan fingerprint density at radius 3 is 3.00 bits per heavy atom. The van der Waals surface area contributed by atoms with Crippen molar-refractivity contribution in [2.45, 2.75) is 19.5 Å². The van der Waals surface area contributed by atoms with Crippen LogP contribution in [-0.2, 0) is 20.1 Å². The Labute approximate surface area is 94.3 Å². The van der Waals surface area contributed by atoms with Crippen LogP contribution in [0.25, 0.3) is 0 Å². The summed E-state index contributed by atoms with van der Waals surface area (Å²) in [6.07, 6.45) is 6.56. The number of nitrogens with one attached hydrogen (secondary N) is 1. The zero-order chi connectivity index (χ0) is 11.2. The van der Waals surface area contributed by atoms with E-state index in [4.69, 9.17) is 0 Å². The summed E-state index contributed by atoms with van der Waals surface area (Å²) >= 11 is 0. The van der Waals surface area contributed by atoms with Crippen molar-refractivity contribution in [3.63, 3.8) is 0 Å². The first-order valence-corrected chi connectivity index (χ1v) is 5.38. The van der Waals surface area contributed by atoms with Gasteiger partial charge < -0.3 is 5.32 Å². The van der Waals surface area contributed by atoms with E-state index in [1.54, 1.807) is 6.20 Å². The van der Waals surface area contributed by atoms with E-state index in [1.165, 1.54) is 0 Å². The van der Waals surface area contributed by atoms with Gasteiger partial charge >= 0.3 is 0 Å². The Balaban J connectivity index is 1.59. The van der Waals surface area contributed by atoms with Gasteiger partial charge in [0.2, 0.25) is 0 Å². The lowest BCUT2D eigenvalue weighted by Crippen LogP contribution is -2.17. The fourth-order valence-corrected chi connectivity index (χ4v) is 1.49. The fraction of sp³-hybridized carbons (Fsp3) is 0.500. The molecule has 0 saturated heterocycles. The molecule has 2 heterocycles. The molecular formula is C10H16N6. The highest BCUT2D eigenvalue weighted by Gasteiger charge is 1.96. The molecule has 2 rings (SSSR count). The van der Waals surface area contributed by atoms with E-state index in [9.17, 15) is 0 Å². The second-order valence-electron chi connectivity index (χ2n) is 3.68. The summed E-state index contributed by atoms with van der Waals surface area (Å²) in [6, 6.07) is 2.02. The normalized spacial score (nSPS) is 10.8. The first-order chi connectivity index (χ1) is 7.84. The van der Waals surface area contributed by atoms with Crippen LogP contribution < -0.4 is 5.32 Å². The second kappa shape index (κ2) is 5.41. The molecule has 2 aromatic rings. The topological polar surface area (TPSA) is 60.6 Å². The Bertz CT molecular complexity index is 405. The first kappa shape index (κ1) is 10.8. The van der Waals surface area contributed by atoms with Gasteiger partial charge in [-0.2, -0.15) is 5.10 Å². The Hall–Kier alpha value is -1.69. The molecule has 0 aliphatic rings. The van der Waals surface area contributed by atoms with Crippen LogP contribution in [0.2, 0.25) is 0 Å². The van der Waals surface area contributed by atoms with Gasteiger partial charge in [-0.25, -0.2) is 0 Å². The van der Waals surface area contributed by atoms with Crippen molar-refractivity contribution < 1.29 is 0 Å². The molecule has 0 aliphatic carbocycles. The van der Waals surface area contributed by atoms with Crippen LogP contribution in [0.4, 0.5) is 0 Å². The molecule has 6 heteroatoms. The van der Waals surface area contributed by atoms with Crippen molar-refractivity contribution in [1.29, 1.82) is 0 Å². The summed E-state index contributed by atoms with van der Waals surface area (Å²) in [5.74, 6) is 0. The minimum atomic E-state index is 0.818. The molecule has 0 radical (unpaired) electrons. The van der Waals surface area contributed by atoms with E-state index in [2.05, 4.69) is 20.7 Å². The summed E-state index contributed by atoms with van der Waals surface area (Å²) in [4.78, 5) is 0. The van der Waals surface area contributed by atoms with Crippen molar-refractivity contribution in [2.24, 2.45) is 7.05 Å². The van der Waals surface area contributed by atoms with Gasteiger partial charge in [-0.05, 0) is 19.0 Å². The smallest absolute Gasteiger partial charge is 0.0762 e. The van der Waals surface area contributed by atoms with E-state index in [0.717, 1.165) is 31.7 Å². The Morgan fingerprint density at radius 1 is 1.38 bits per heavy atom. The molecule has 0 amide bonds. The van der Waals surface area contributed by atoms with Crippen LogP contribution >= 0.6 is 0 Å². The maximum Gasteiger partial charge on any atom is 0.0762 e. The number of rotatable bonds is 6. The quantitative estimate of drug-likeness (QED) is 0.706. The lowest BCUT2D eigenvalue weighted by molar-refractivity contribution is 0.527. The van der Waals surface area contributed by atoms with Crippen LogP contribution in [-0.4, -0.2) is 31.3 Å². The maximum absolute atomic E-state index is 4.28. The first-order valence-electron chi connectivity index (χ1n) is 5.38. The monoisotopic (exact) mass is 220 g/mol. The zero-order valence-electron chi connectivity index (χ0n) is 9.37. The SMILES string of the molecule is Cn1ccc(CNCCCn2ccnn2)n1. The second-order valence-corrected chi connectivity index (χ2v) is 3.68. The van der Waals surface area contributed by atoms with Gasteiger partial charge in [-0.1, -0.05) is 5.21 Å². The van der Waals surface area contributed by atoms with E-state index in [-0.39, 0.29) is 0 Å². The third kappa shape index (κ3) is 3.16. The predicted molar refractivity (Wildman–Crippen MR) is 59.6 cm³/mol. The van der Waals surface area contributed by atoms with Gasteiger partial charge in [0.1, 0.15) is 0 Å². The molecule has 6 nitrogen and oxygen atoms in total. The molecule has 0 bridgehead atoms. The average molecular weight is 220 g/mol. The molecule has 0 saturated carbocycles. The third-order valence-corrected chi connectivity index (χ3v) is 2.29. The number of nitrogens with zero attached hydrogens (tertiary/aromatic N) is 5. The van der Waals surface area contributed by atoms with Crippen molar-refractivity contribution >= 4 is 0 Å². The minimum absolute atomic E-state index is 0.818. The van der Waals surface area contributed by atoms with Crippen molar-refractivity contribution in [3.8, 4) is 0 Å². The molecule has 0 atom stereocenters. The highest BCUT2D eigenvalue weighted by atomic mass is 15.4. The molecule has 0 aliphatic heterocycles. The molecule has 16 heavy (non-hydrogen) atoms. The van der Waals surface area contributed by atoms with Crippen molar-refractivity contribution in [2.75, 3.05) is 6.54 Å². The van der Waals surface area contributed by atoms with Crippen molar-refractivity contribution in [3.05, 3.63) is 30.4 Å². The van der Waals surface area contributed by atoms with Crippen LogP contribution in [0.5, 0.6) is 0 Å². The predicted octanol–water partition coefficient (Wildman–Crippen LogP) is 0.191. The van der Waals surface area contributed by atoms with Gasteiger partial charge in [-0.15, -0.1) is 5.10 Å². The molecular weight excluding hydrogens is 204 g/mol. The van der Waals surface area contributed by atoms with E-state index in [0.29, 0.717) is 0 Å². The fourth-order valence-electron chi connectivity index (χ4n) is 1.49. The molecule has 86 valence electrons. The largest absolute Gasteiger partial charge is 0.311 e. The number of hydrogen-bond acceptors (Lipinski definition) is 4. The minimum Gasteiger partial charge on any atom is -0.311 e. The molecule has 1 N–H and O–H groups in total. The molecule has 0 aromatic carbocycles. The molecule has 0 spiro atoms. The van der Waals surface area contributed by atoms with Gasteiger partial charge in [0.15, 0.2) is 0 Å². The molecule has 0 fully saturated rings. The van der Waals surface area contributed by atoms with Gasteiger partial charge in [-0.3, -0.25) is 9.36 Å². The zero-order valence-corrected chi connectivity index (χ0v) is 9.37. The van der Waals surface area contributed by atoms with Gasteiger partial charge in [0.25, 0.3) is 0 Å². The van der Waals surface area contributed by atoms with E-state index in [1.807, 2.05) is 34.9 Å². The molecule has 2 aromatic heterocycles. The van der Waals surface area contributed by atoms with E-state index >= 15 is 0 Å². The summed E-state index contributed by atoms with van der Waals surface area (Å²) < 4.78 is 3.65. The summed E-state index contributed by atoms with van der Waals surface area (Å²) in [5.41, 5.74) is 1.07. The van der Waals surface area contributed by atoms with Crippen molar-refractivity contribution in [1.82, 2.24) is 30.1 Å². The Kier molecular flexibility index (Phi) is 3.66. The van der Waals surface area contributed by atoms with Crippen LogP contribution in [0, 0.1) is 0 Å². The highest BCUT2D eigenvalue weighted by Crippen LogP contribution is 1.93. The van der Waals surface area contributed by atoms with Gasteiger partial charge in [0, 0.05) is 32.5 Å². The third-order valence-electron chi connectivity index (χ3n) is 2.29. The standard InChI is InChI=1S/C10H16N6/c1-15-7-3-10(13-15)9-11-4-2-6-16-8-5-12-14-16/h3,5,7-8,11H,2,4,6,9H2,1H3. The Morgan fingerprint density at radius 2 is 2.31 bits per heavy atom. The van der Waals surface area contributed by atoms with Crippen LogP contribution in [0.15, 0.2) is 24.7 Å². The summed E-state index contributed by atoms with van der Waals surface area (Å²) in [6.45, 7) is 2.67. The summed E-state index contributed by atoms with van der Waals surface area (Å²) in [7, 11) is 1.92. The average Bonchev–Trinajstić information content (AvgIpc) is 2.89. The molecule has 0 unspecified atom stereocenters.